The number of nitrogens with two attached hydrogens (primary N) is 1. The fourth-order valence-electron chi connectivity index (χ4n) is 2.82. The first-order valence-corrected chi connectivity index (χ1v) is 8.43. The summed E-state index contributed by atoms with van der Waals surface area (Å²) in [7, 11) is -3.98. The largest absolute Gasteiger partial charge is 0.326 e. The summed E-state index contributed by atoms with van der Waals surface area (Å²) in [5.41, 5.74) is 4.91. The van der Waals surface area contributed by atoms with E-state index in [0.717, 1.165) is 25.0 Å². The maximum Gasteiger partial charge on any atom is 0.246 e. The molecule has 1 unspecified atom stereocenters. The summed E-state index contributed by atoms with van der Waals surface area (Å²) in [6, 6.07) is 1.79. The van der Waals surface area contributed by atoms with Gasteiger partial charge in [-0.05, 0) is 30.9 Å². The minimum absolute atomic E-state index is 0.139. The van der Waals surface area contributed by atoms with Gasteiger partial charge in [0.25, 0.3) is 0 Å². The highest BCUT2D eigenvalue weighted by atomic mass is 32.2. The van der Waals surface area contributed by atoms with Gasteiger partial charge in [0.2, 0.25) is 10.0 Å². The number of rotatable bonds is 4. The van der Waals surface area contributed by atoms with Crippen molar-refractivity contribution in [3.8, 4) is 0 Å². The van der Waals surface area contributed by atoms with Gasteiger partial charge in [-0.3, -0.25) is 0 Å². The van der Waals surface area contributed by atoms with Crippen LogP contribution in [0.3, 0.4) is 0 Å². The molecule has 4 nitrogen and oxygen atoms in total. The first-order chi connectivity index (χ1) is 9.80. The molecule has 1 aromatic rings. The quantitative estimate of drug-likeness (QED) is 0.926. The third-order valence-corrected chi connectivity index (χ3v) is 5.90. The molecule has 1 saturated heterocycles. The third kappa shape index (κ3) is 2.82. The van der Waals surface area contributed by atoms with Crippen molar-refractivity contribution in [2.24, 2.45) is 11.7 Å². The van der Waals surface area contributed by atoms with Crippen LogP contribution in [0.2, 0.25) is 0 Å². The summed E-state index contributed by atoms with van der Waals surface area (Å²) < 4.78 is 54.4. The Bertz CT molecular complexity index is 632. The Hall–Kier alpha value is -1.05. The number of benzene rings is 1. The van der Waals surface area contributed by atoms with Gasteiger partial charge < -0.3 is 5.73 Å². The third-order valence-electron chi connectivity index (χ3n) is 3.96. The molecule has 1 aromatic carbocycles. The maximum atomic E-state index is 14.3. The zero-order valence-electron chi connectivity index (χ0n) is 12.1. The molecule has 2 N–H and O–H groups in total. The fraction of sp³-hybridized carbons (Fsp3) is 0.571. The molecule has 1 heterocycles. The zero-order chi connectivity index (χ0) is 15.8. The van der Waals surface area contributed by atoms with Gasteiger partial charge in [0.1, 0.15) is 10.7 Å². The molecule has 0 radical (unpaired) electrons. The summed E-state index contributed by atoms with van der Waals surface area (Å²) in [5, 5.41) is 0. The van der Waals surface area contributed by atoms with Crippen LogP contribution in [-0.2, 0) is 16.6 Å². The molecule has 1 aliphatic rings. The zero-order valence-corrected chi connectivity index (χ0v) is 13.0. The minimum Gasteiger partial charge on any atom is -0.326 e. The smallest absolute Gasteiger partial charge is 0.246 e. The van der Waals surface area contributed by atoms with Crippen molar-refractivity contribution >= 4 is 10.0 Å². The minimum atomic E-state index is -3.98. The van der Waals surface area contributed by atoms with E-state index in [2.05, 4.69) is 0 Å². The van der Waals surface area contributed by atoms with Crippen LogP contribution in [0.4, 0.5) is 8.78 Å². The predicted octanol–water partition coefficient (Wildman–Crippen LogP) is 2.23. The monoisotopic (exact) mass is 318 g/mol. The molecule has 0 bridgehead atoms. The van der Waals surface area contributed by atoms with Crippen molar-refractivity contribution in [3.63, 3.8) is 0 Å². The van der Waals surface area contributed by atoms with Crippen molar-refractivity contribution in [1.82, 2.24) is 4.31 Å². The second-order valence-electron chi connectivity index (χ2n) is 5.61. The fourth-order valence-corrected chi connectivity index (χ4v) is 4.74. The van der Waals surface area contributed by atoms with E-state index < -0.39 is 32.1 Å². The average Bonchev–Trinajstić information content (AvgIpc) is 2.89. The lowest BCUT2D eigenvalue weighted by Gasteiger charge is -2.27. The van der Waals surface area contributed by atoms with Crippen LogP contribution in [0.25, 0.3) is 0 Å². The number of hydrogen-bond donors (Lipinski definition) is 1. The lowest BCUT2D eigenvalue weighted by Crippen LogP contribution is -2.39. The van der Waals surface area contributed by atoms with Crippen molar-refractivity contribution in [2.75, 3.05) is 6.54 Å². The maximum absolute atomic E-state index is 14.3. The van der Waals surface area contributed by atoms with Gasteiger partial charge in [0.05, 0.1) is 0 Å². The van der Waals surface area contributed by atoms with E-state index >= 15 is 0 Å². The van der Waals surface area contributed by atoms with Crippen LogP contribution < -0.4 is 5.73 Å². The Morgan fingerprint density at radius 2 is 2.05 bits per heavy atom. The Morgan fingerprint density at radius 3 is 2.62 bits per heavy atom. The molecule has 0 amide bonds. The van der Waals surface area contributed by atoms with E-state index in [9.17, 15) is 17.2 Å². The van der Waals surface area contributed by atoms with Crippen LogP contribution in [0.15, 0.2) is 17.0 Å². The number of hydrogen-bond acceptors (Lipinski definition) is 3. The second kappa shape index (κ2) is 5.98. The highest BCUT2D eigenvalue weighted by Gasteiger charge is 2.38. The molecule has 0 aromatic heterocycles. The summed E-state index contributed by atoms with van der Waals surface area (Å²) in [5.74, 6) is -1.76. The molecule has 0 saturated carbocycles. The number of halogens is 2. The molecule has 0 spiro atoms. The van der Waals surface area contributed by atoms with Crippen LogP contribution in [0.1, 0.15) is 32.3 Å². The summed E-state index contributed by atoms with van der Waals surface area (Å²) >= 11 is 0. The van der Waals surface area contributed by atoms with Crippen molar-refractivity contribution in [2.45, 2.75) is 44.2 Å². The summed E-state index contributed by atoms with van der Waals surface area (Å²) in [6.45, 7) is 3.85. The Labute approximate surface area is 124 Å². The van der Waals surface area contributed by atoms with E-state index in [1.165, 1.54) is 4.31 Å². The molecular weight excluding hydrogens is 298 g/mol. The number of nitrogens with zero attached hydrogens (tertiary/aromatic N) is 1. The lowest BCUT2D eigenvalue weighted by atomic mass is 10.0. The second-order valence-corrected chi connectivity index (χ2v) is 7.47. The molecule has 1 atom stereocenters. The van der Waals surface area contributed by atoms with Crippen LogP contribution in [0.5, 0.6) is 0 Å². The van der Waals surface area contributed by atoms with E-state index in [1.54, 1.807) is 0 Å². The van der Waals surface area contributed by atoms with Gasteiger partial charge in [-0.25, -0.2) is 17.2 Å². The van der Waals surface area contributed by atoms with E-state index in [4.69, 9.17) is 5.73 Å². The van der Waals surface area contributed by atoms with Crippen LogP contribution in [-0.4, -0.2) is 25.3 Å². The normalized spacial score (nSPS) is 20.4. The molecule has 0 aliphatic carbocycles. The van der Waals surface area contributed by atoms with Gasteiger partial charge in [0, 0.05) is 24.7 Å². The Kier molecular flexibility index (Phi) is 4.65. The Morgan fingerprint density at radius 1 is 1.38 bits per heavy atom. The molecule has 118 valence electrons. The average molecular weight is 318 g/mol. The molecule has 7 heteroatoms. The molecule has 1 aliphatic heterocycles. The van der Waals surface area contributed by atoms with E-state index in [-0.39, 0.29) is 18.5 Å². The summed E-state index contributed by atoms with van der Waals surface area (Å²) in [6.07, 6.45) is 1.50. The standard InChI is InChI=1S/C14H20F2N2O2S/c1-9(2)12-4-3-7-18(12)21(19,20)13-6-5-11(15)10(8-17)14(13)16/h5-6,9,12H,3-4,7-8,17H2,1-2H3. The highest BCUT2D eigenvalue weighted by molar-refractivity contribution is 7.89. The first-order valence-electron chi connectivity index (χ1n) is 6.99. The highest BCUT2D eigenvalue weighted by Crippen LogP contribution is 2.32. The summed E-state index contributed by atoms with van der Waals surface area (Å²) in [4.78, 5) is -0.489. The Balaban J connectivity index is 2.50. The van der Waals surface area contributed by atoms with Gasteiger partial charge in [-0.1, -0.05) is 13.8 Å². The lowest BCUT2D eigenvalue weighted by molar-refractivity contribution is 0.314. The molecule has 1 fully saturated rings. The first kappa shape index (κ1) is 16.3. The van der Waals surface area contributed by atoms with Crippen molar-refractivity contribution in [3.05, 3.63) is 29.3 Å². The van der Waals surface area contributed by atoms with E-state index in [0.29, 0.717) is 6.54 Å². The number of sulfonamides is 1. The van der Waals surface area contributed by atoms with Gasteiger partial charge in [-0.2, -0.15) is 4.31 Å². The van der Waals surface area contributed by atoms with Crippen molar-refractivity contribution < 1.29 is 17.2 Å². The predicted molar refractivity (Wildman–Crippen MR) is 76.0 cm³/mol. The van der Waals surface area contributed by atoms with Crippen LogP contribution in [0, 0.1) is 17.6 Å². The van der Waals surface area contributed by atoms with Crippen LogP contribution >= 0.6 is 0 Å². The SMILES string of the molecule is CC(C)C1CCCN1S(=O)(=O)c1ccc(F)c(CN)c1F. The molecule has 21 heavy (non-hydrogen) atoms. The topological polar surface area (TPSA) is 63.4 Å². The van der Waals surface area contributed by atoms with Gasteiger partial charge in [-0.15, -0.1) is 0 Å². The van der Waals surface area contributed by atoms with Crippen molar-refractivity contribution in [1.29, 1.82) is 0 Å². The molecule has 2 rings (SSSR count). The molecular formula is C14H20F2N2O2S. The van der Waals surface area contributed by atoms with Gasteiger partial charge >= 0.3 is 0 Å². The van der Waals surface area contributed by atoms with E-state index in [1.807, 2.05) is 13.8 Å². The van der Waals surface area contributed by atoms with Gasteiger partial charge in [0.15, 0.2) is 5.82 Å².